The molecule has 1 aromatic heterocycles. The molecule has 5 heteroatoms. The highest BCUT2D eigenvalue weighted by molar-refractivity contribution is 6.04. The van der Waals surface area contributed by atoms with Crippen LogP contribution in [0.1, 0.15) is 5.56 Å². The summed E-state index contributed by atoms with van der Waals surface area (Å²) in [5, 5.41) is 10.1. The van der Waals surface area contributed by atoms with Gasteiger partial charge in [-0.05, 0) is 6.08 Å². The molecule has 0 saturated heterocycles. The number of aliphatic imine (C=N–C) groups is 1. The van der Waals surface area contributed by atoms with Crippen LogP contribution in [0.2, 0.25) is 0 Å². The minimum atomic E-state index is 0.754. The minimum absolute atomic E-state index is 0.754. The molecule has 0 fully saturated rings. The van der Waals surface area contributed by atoms with Crippen LogP contribution in [0.25, 0.3) is 0 Å². The summed E-state index contributed by atoms with van der Waals surface area (Å²) in [6.07, 6.45) is 5.88. The molecule has 3 rings (SSSR count). The molecule has 0 spiro atoms. The van der Waals surface area contributed by atoms with Gasteiger partial charge in [0.2, 0.25) is 0 Å². The predicted octanol–water partition coefficient (Wildman–Crippen LogP) is 0.369. The van der Waals surface area contributed by atoms with Crippen LogP contribution in [0.5, 0.6) is 0 Å². The third-order valence-electron chi connectivity index (χ3n) is 2.21. The maximum Gasteiger partial charge on any atom is 0.142 e. The van der Waals surface area contributed by atoms with Gasteiger partial charge in [0.05, 0.1) is 25.0 Å². The van der Waals surface area contributed by atoms with E-state index in [0.717, 1.165) is 30.4 Å². The van der Waals surface area contributed by atoms with E-state index in [0.29, 0.717) is 0 Å². The summed E-state index contributed by atoms with van der Waals surface area (Å²) in [6, 6.07) is 0. The predicted molar refractivity (Wildman–Crippen MR) is 49.5 cm³/mol. The van der Waals surface area contributed by atoms with E-state index in [2.05, 4.69) is 25.4 Å². The topological polar surface area (TPSA) is 56.3 Å². The van der Waals surface area contributed by atoms with Crippen LogP contribution in [0, 0.1) is 0 Å². The van der Waals surface area contributed by atoms with E-state index in [9.17, 15) is 0 Å². The lowest BCUT2D eigenvalue weighted by Crippen LogP contribution is -2.37. The molecule has 0 atom stereocenters. The first-order chi connectivity index (χ1) is 6.45. The van der Waals surface area contributed by atoms with Crippen molar-refractivity contribution in [2.24, 2.45) is 4.99 Å². The molecule has 2 aliphatic rings. The fourth-order valence-corrected chi connectivity index (χ4v) is 1.60. The van der Waals surface area contributed by atoms with E-state index in [-0.39, 0.29) is 0 Å². The number of fused-ring (bicyclic) bond motifs is 3. The number of hydrogen-bond donors (Lipinski definition) is 2. The van der Waals surface area contributed by atoms with Crippen molar-refractivity contribution in [1.29, 1.82) is 0 Å². The van der Waals surface area contributed by atoms with E-state index in [4.69, 9.17) is 0 Å². The quantitative estimate of drug-likeness (QED) is 0.599. The molecule has 0 bridgehead atoms. The van der Waals surface area contributed by atoms with Crippen molar-refractivity contribution < 1.29 is 0 Å². The molecule has 0 radical (unpaired) electrons. The summed E-state index contributed by atoms with van der Waals surface area (Å²) in [5.74, 6) is 1.97. The molecular weight excluding hydrogens is 166 g/mol. The number of nitrogens with zero attached hydrogens (tertiary/aromatic N) is 3. The van der Waals surface area contributed by atoms with Crippen molar-refractivity contribution in [3.05, 3.63) is 24.0 Å². The second-order valence-electron chi connectivity index (χ2n) is 3.01. The Morgan fingerprint density at radius 3 is 3.46 bits per heavy atom. The van der Waals surface area contributed by atoms with Crippen molar-refractivity contribution in [2.45, 2.75) is 0 Å². The van der Waals surface area contributed by atoms with Crippen molar-refractivity contribution in [3.8, 4) is 0 Å². The first-order valence-corrected chi connectivity index (χ1v) is 4.20. The van der Waals surface area contributed by atoms with Crippen LogP contribution < -0.4 is 5.32 Å². The first-order valence-electron chi connectivity index (χ1n) is 4.20. The van der Waals surface area contributed by atoms with E-state index < -0.39 is 0 Å². The van der Waals surface area contributed by atoms with E-state index in [1.54, 1.807) is 6.20 Å². The molecule has 0 unspecified atom stereocenters. The Labute approximate surface area is 75.2 Å². The normalized spacial score (nSPS) is 18.8. The van der Waals surface area contributed by atoms with Gasteiger partial charge in [0.1, 0.15) is 11.7 Å². The number of hydrogen-bond acceptors (Lipinski definition) is 4. The van der Waals surface area contributed by atoms with Crippen molar-refractivity contribution in [3.63, 3.8) is 0 Å². The van der Waals surface area contributed by atoms with Gasteiger partial charge in [-0.1, -0.05) is 0 Å². The average Bonchev–Trinajstić information content (AvgIpc) is 2.65. The van der Waals surface area contributed by atoms with Crippen molar-refractivity contribution in [2.75, 3.05) is 18.5 Å². The summed E-state index contributed by atoms with van der Waals surface area (Å²) in [7, 11) is 0. The molecule has 66 valence electrons. The maximum atomic E-state index is 4.42. The van der Waals surface area contributed by atoms with Gasteiger partial charge in [0, 0.05) is 6.20 Å². The van der Waals surface area contributed by atoms with Crippen molar-refractivity contribution in [1.82, 2.24) is 15.1 Å². The Bertz CT molecular complexity index is 389. The molecule has 0 saturated carbocycles. The molecule has 0 aromatic carbocycles. The van der Waals surface area contributed by atoms with Gasteiger partial charge in [-0.15, -0.1) is 0 Å². The monoisotopic (exact) mass is 175 g/mol. The zero-order valence-electron chi connectivity index (χ0n) is 6.99. The highest BCUT2D eigenvalue weighted by Gasteiger charge is 2.22. The van der Waals surface area contributed by atoms with Crippen LogP contribution in [-0.2, 0) is 0 Å². The molecule has 0 amide bonds. The maximum absolute atomic E-state index is 4.42. The summed E-state index contributed by atoms with van der Waals surface area (Å²) < 4.78 is 0. The fraction of sp³-hybridized carbons (Fsp3) is 0.250. The number of aromatic amines is 1. The summed E-state index contributed by atoms with van der Waals surface area (Å²) in [4.78, 5) is 6.49. The van der Waals surface area contributed by atoms with Gasteiger partial charge in [-0.2, -0.15) is 5.10 Å². The van der Waals surface area contributed by atoms with Gasteiger partial charge >= 0.3 is 0 Å². The highest BCUT2D eigenvalue weighted by atomic mass is 15.3. The fourth-order valence-electron chi connectivity index (χ4n) is 1.60. The number of anilines is 1. The molecule has 1 aromatic rings. The average molecular weight is 175 g/mol. The lowest BCUT2D eigenvalue weighted by Gasteiger charge is -2.29. The Kier molecular flexibility index (Phi) is 1.21. The van der Waals surface area contributed by atoms with Crippen LogP contribution in [0.3, 0.4) is 0 Å². The lowest BCUT2D eigenvalue weighted by atomic mass is 10.2. The molecule has 0 aliphatic carbocycles. The minimum Gasteiger partial charge on any atom is -0.352 e. The van der Waals surface area contributed by atoms with Crippen LogP contribution >= 0.6 is 0 Å². The Balaban J connectivity index is 2.12. The zero-order chi connectivity index (χ0) is 8.67. The highest BCUT2D eigenvalue weighted by Crippen LogP contribution is 2.21. The largest absolute Gasteiger partial charge is 0.352 e. The first kappa shape index (κ1) is 6.71. The van der Waals surface area contributed by atoms with Crippen molar-refractivity contribution >= 4 is 11.7 Å². The number of aromatic nitrogens is 2. The van der Waals surface area contributed by atoms with Crippen LogP contribution in [-0.4, -0.2) is 34.1 Å². The Morgan fingerprint density at radius 1 is 1.46 bits per heavy atom. The lowest BCUT2D eigenvalue weighted by molar-refractivity contribution is 0.576. The summed E-state index contributed by atoms with van der Waals surface area (Å²) >= 11 is 0. The number of nitrogens with one attached hydrogen (secondary N) is 2. The molecule has 13 heavy (non-hydrogen) atoms. The van der Waals surface area contributed by atoms with E-state index in [1.165, 1.54) is 0 Å². The van der Waals surface area contributed by atoms with Gasteiger partial charge < -0.3 is 10.2 Å². The van der Waals surface area contributed by atoms with E-state index >= 15 is 0 Å². The number of amidine groups is 1. The SMILES string of the molecule is C1=CN2CNc3[nH]ncc3C2=NC1. The third-order valence-corrected chi connectivity index (χ3v) is 2.21. The second kappa shape index (κ2) is 2.35. The zero-order valence-corrected chi connectivity index (χ0v) is 6.99. The number of H-pyrrole nitrogens is 1. The van der Waals surface area contributed by atoms with Crippen LogP contribution in [0.4, 0.5) is 5.82 Å². The smallest absolute Gasteiger partial charge is 0.142 e. The second-order valence-corrected chi connectivity index (χ2v) is 3.01. The standard InChI is InChI=1S/C8H9N5/c1-2-9-8-6-4-11-12-7(6)10-5-13(8)3-1/h1,3-4H,2,5H2,(H2,10,11,12). The van der Waals surface area contributed by atoms with Gasteiger partial charge in [0.25, 0.3) is 0 Å². The molecule has 2 aliphatic heterocycles. The molecule has 5 nitrogen and oxygen atoms in total. The van der Waals surface area contributed by atoms with Crippen LogP contribution in [0.15, 0.2) is 23.5 Å². The van der Waals surface area contributed by atoms with Gasteiger partial charge in [-0.3, -0.25) is 10.1 Å². The third kappa shape index (κ3) is 0.867. The Morgan fingerprint density at radius 2 is 2.46 bits per heavy atom. The number of rotatable bonds is 0. The molecule has 2 N–H and O–H groups in total. The molecule has 3 heterocycles. The van der Waals surface area contributed by atoms with Gasteiger partial charge in [0.15, 0.2) is 0 Å². The molecular formula is C8H9N5. The van der Waals surface area contributed by atoms with E-state index in [1.807, 2.05) is 12.3 Å². The summed E-state index contributed by atoms with van der Waals surface area (Å²) in [5.41, 5.74) is 1.05. The Hall–Kier alpha value is -1.78. The van der Waals surface area contributed by atoms with Gasteiger partial charge in [-0.25, -0.2) is 0 Å². The summed E-state index contributed by atoms with van der Waals surface area (Å²) in [6.45, 7) is 1.51.